The predicted octanol–water partition coefficient (Wildman–Crippen LogP) is 2.98. The van der Waals surface area contributed by atoms with Crippen molar-refractivity contribution in [3.8, 4) is 11.5 Å². The molecule has 0 saturated heterocycles. The number of carbonyl (C=O) groups is 1. The largest absolute Gasteiger partial charge is 0.493 e. The van der Waals surface area contributed by atoms with E-state index < -0.39 is 0 Å². The number of amides is 2. The number of pyridine rings is 1. The van der Waals surface area contributed by atoms with Gasteiger partial charge in [-0.25, -0.2) is 4.79 Å². The first-order chi connectivity index (χ1) is 12.2. The van der Waals surface area contributed by atoms with E-state index in [9.17, 15) is 4.79 Å². The van der Waals surface area contributed by atoms with Crippen LogP contribution in [-0.4, -0.2) is 25.2 Å². The van der Waals surface area contributed by atoms with Crippen molar-refractivity contribution in [1.82, 2.24) is 15.6 Å². The molecule has 0 radical (unpaired) electrons. The summed E-state index contributed by atoms with van der Waals surface area (Å²) in [6.07, 6.45) is 6.19. The maximum atomic E-state index is 12.0. The predicted molar refractivity (Wildman–Crippen MR) is 94.8 cm³/mol. The fourth-order valence-electron chi connectivity index (χ4n) is 2.66. The van der Waals surface area contributed by atoms with E-state index in [-0.39, 0.29) is 6.03 Å². The average molecular weight is 341 g/mol. The molecule has 1 aliphatic rings. The molecule has 2 N–H and O–H groups in total. The zero-order chi connectivity index (χ0) is 17.6. The normalized spacial score (nSPS) is 13.2. The molecule has 25 heavy (non-hydrogen) atoms. The number of carbonyl (C=O) groups excluding carboxylic acids is 1. The van der Waals surface area contributed by atoms with Gasteiger partial charge in [-0.15, -0.1) is 0 Å². The van der Waals surface area contributed by atoms with Crippen molar-refractivity contribution in [2.24, 2.45) is 0 Å². The van der Waals surface area contributed by atoms with Gasteiger partial charge >= 0.3 is 6.03 Å². The molecule has 1 fully saturated rings. The van der Waals surface area contributed by atoms with E-state index >= 15 is 0 Å². The highest BCUT2D eigenvalue weighted by atomic mass is 16.5. The van der Waals surface area contributed by atoms with Crippen molar-refractivity contribution in [2.75, 3.05) is 14.2 Å². The van der Waals surface area contributed by atoms with Gasteiger partial charge in [-0.2, -0.15) is 0 Å². The Kier molecular flexibility index (Phi) is 5.38. The van der Waals surface area contributed by atoms with Crippen LogP contribution in [0.3, 0.4) is 0 Å². The smallest absolute Gasteiger partial charge is 0.315 e. The SMILES string of the molecule is COc1ccc(CNC(=O)NCc2cncc(C3CC3)c2)cc1OC. The number of hydrogen-bond donors (Lipinski definition) is 2. The second-order valence-electron chi connectivity index (χ2n) is 6.13. The second-order valence-corrected chi connectivity index (χ2v) is 6.13. The Morgan fingerprint density at radius 3 is 2.44 bits per heavy atom. The van der Waals surface area contributed by atoms with Gasteiger partial charge in [0.2, 0.25) is 0 Å². The summed E-state index contributed by atoms with van der Waals surface area (Å²) in [5, 5.41) is 5.70. The number of methoxy groups -OCH3 is 2. The highest BCUT2D eigenvalue weighted by molar-refractivity contribution is 5.73. The van der Waals surface area contributed by atoms with Crippen molar-refractivity contribution in [2.45, 2.75) is 31.8 Å². The van der Waals surface area contributed by atoms with Crippen molar-refractivity contribution in [1.29, 1.82) is 0 Å². The molecule has 1 aliphatic carbocycles. The molecule has 1 aromatic carbocycles. The zero-order valence-electron chi connectivity index (χ0n) is 14.5. The summed E-state index contributed by atoms with van der Waals surface area (Å²) in [5.74, 6) is 1.97. The molecular weight excluding hydrogens is 318 g/mol. The van der Waals surface area contributed by atoms with Crippen LogP contribution in [-0.2, 0) is 13.1 Å². The number of urea groups is 1. The number of aromatic nitrogens is 1. The first kappa shape index (κ1) is 17.1. The van der Waals surface area contributed by atoms with Gasteiger partial charge in [0.1, 0.15) is 0 Å². The van der Waals surface area contributed by atoms with E-state index in [1.54, 1.807) is 20.4 Å². The third-order valence-electron chi connectivity index (χ3n) is 4.22. The molecule has 0 aliphatic heterocycles. The Labute approximate surface area is 147 Å². The van der Waals surface area contributed by atoms with E-state index in [4.69, 9.17) is 9.47 Å². The molecule has 1 heterocycles. The van der Waals surface area contributed by atoms with Gasteiger partial charge in [0.05, 0.1) is 14.2 Å². The van der Waals surface area contributed by atoms with Crippen LogP contribution in [0.1, 0.15) is 35.4 Å². The summed E-state index contributed by atoms with van der Waals surface area (Å²) in [7, 11) is 3.18. The van der Waals surface area contributed by atoms with Gasteiger partial charge in [-0.05, 0) is 47.6 Å². The molecule has 0 unspecified atom stereocenters. The Morgan fingerprint density at radius 2 is 1.76 bits per heavy atom. The number of benzene rings is 1. The minimum absolute atomic E-state index is 0.216. The van der Waals surface area contributed by atoms with E-state index in [2.05, 4.69) is 21.7 Å². The molecule has 0 atom stereocenters. The average Bonchev–Trinajstić information content (AvgIpc) is 3.50. The van der Waals surface area contributed by atoms with Gasteiger partial charge < -0.3 is 20.1 Å². The van der Waals surface area contributed by atoms with Crippen LogP contribution in [0.5, 0.6) is 11.5 Å². The lowest BCUT2D eigenvalue weighted by molar-refractivity contribution is 0.240. The first-order valence-electron chi connectivity index (χ1n) is 8.36. The lowest BCUT2D eigenvalue weighted by Crippen LogP contribution is -2.34. The van der Waals surface area contributed by atoms with Gasteiger partial charge in [0.25, 0.3) is 0 Å². The van der Waals surface area contributed by atoms with Crippen LogP contribution >= 0.6 is 0 Å². The highest BCUT2D eigenvalue weighted by Crippen LogP contribution is 2.39. The highest BCUT2D eigenvalue weighted by Gasteiger charge is 2.23. The molecule has 2 amide bonds. The van der Waals surface area contributed by atoms with E-state index in [0.29, 0.717) is 30.5 Å². The topological polar surface area (TPSA) is 72.5 Å². The van der Waals surface area contributed by atoms with E-state index in [1.165, 1.54) is 18.4 Å². The third kappa shape index (κ3) is 4.62. The number of ether oxygens (including phenoxy) is 2. The fraction of sp³-hybridized carbons (Fsp3) is 0.368. The summed E-state index contributed by atoms with van der Waals surface area (Å²) < 4.78 is 10.5. The van der Waals surface area contributed by atoms with Crippen molar-refractivity contribution in [3.63, 3.8) is 0 Å². The van der Waals surface area contributed by atoms with Gasteiger partial charge in [-0.3, -0.25) is 4.98 Å². The Balaban J connectivity index is 1.49. The minimum atomic E-state index is -0.216. The van der Waals surface area contributed by atoms with Crippen LogP contribution < -0.4 is 20.1 Å². The van der Waals surface area contributed by atoms with Crippen LogP contribution in [0, 0.1) is 0 Å². The van der Waals surface area contributed by atoms with E-state index in [1.807, 2.05) is 24.4 Å². The number of rotatable bonds is 7. The minimum Gasteiger partial charge on any atom is -0.493 e. The molecule has 0 bridgehead atoms. The number of nitrogens with zero attached hydrogens (tertiary/aromatic N) is 1. The number of hydrogen-bond acceptors (Lipinski definition) is 4. The van der Waals surface area contributed by atoms with Crippen molar-refractivity contribution in [3.05, 3.63) is 53.3 Å². The molecule has 132 valence electrons. The van der Waals surface area contributed by atoms with Gasteiger partial charge in [-0.1, -0.05) is 12.1 Å². The van der Waals surface area contributed by atoms with Crippen LogP contribution in [0.2, 0.25) is 0 Å². The second kappa shape index (κ2) is 7.88. The van der Waals surface area contributed by atoms with Gasteiger partial charge in [0, 0.05) is 25.5 Å². The first-order valence-corrected chi connectivity index (χ1v) is 8.36. The summed E-state index contributed by atoms with van der Waals surface area (Å²) in [6, 6.07) is 7.47. The maximum Gasteiger partial charge on any atom is 0.315 e. The summed E-state index contributed by atoms with van der Waals surface area (Å²) in [6.45, 7) is 0.873. The lowest BCUT2D eigenvalue weighted by atomic mass is 10.1. The maximum absolute atomic E-state index is 12.0. The van der Waals surface area contributed by atoms with Crippen LogP contribution in [0.25, 0.3) is 0 Å². The van der Waals surface area contributed by atoms with Crippen LogP contribution in [0.15, 0.2) is 36.7 Å². The van der Waals surface area contributed by atoms with Crippen LogP contribution in [0.4, 0.5) is 4.79 Å². The van der Waals surface area contributed by atoms with Crippen molar-refractivity contribution >= 4 is 6.03 Å². The summed E-state index contributed by atoms with van der Waals surface area (Å²) in [4.78, 5) is 16.3. The molecular formula is C19H23N3O3. The standard InChI is InChI=1S/C19H23N3O3/c1-24-17-6-3-13(8-18(17)25-2)10-21-19(23)22-11-14-7-16(12-20-9-14)15-4-5-15/h3,6-9,12,15H,4-5,10-11H2,1-2H3,(H2,21,22,23). The molecule has 6 nitrogen and oxygen atoms in total. The Morgan fingerprint density at radius 1 is 1.04 bits per heavy atom. The Bertz CT molecular complexity index is 744. The molecule has 1 saturated carbocycles. The summed E-state index contributed by atoms with van der Waals surface area (Å²) >= 11 is 0. The third-order valence-corrected chi connectivity index (χ3v) is 4.22. The monoisotopic (exact) mass is 341 g/mol. The molecule has 6 heteroatoms. The molecule has 3 rings (SSSR count). The van der Waals surface area contributed by atoms with E-state index in [0.717, 1.165) is 11.1 Å². The molecule has 0 spiro atoms. The van der Waals surface area contributed by atoms with Crippen molar-refractivity contribution < 1.29 is 14.3 Å². The fourth-order valence-corrected chi connectivity index (χ4v) is 2.66. The number of nitrogens with one attached hydrogen (secondary N) is 2. The van der Waals surface area contributed by atoms with Gasteiger partial charge in [0.15, 0.2) is 11.5 Å². The molecule has 1 aromatic heterocycles. The quantitative estimate of drug-likeness (QED) is 0.812. The lowest BCUT2D eigenvalue weighted by Gasteiger charge is -2.11. The summed E-state index contributed by atoms with van der Waals surface area (Å²) in [5.41, 5.74) is 3.22. The molecule has 2 aromatic rings. The zero-order valence-corrected chi connectivity index (χ0v) is 14.5. The Hall–Kier alpha value is -2.76.